The lowest BCUT2D eigenvalue weighted by Crippen LogP contribution is -2.49. The van der Waals surface area contributed by atoms with Crippen LogP contribution in [0.15, 0.2) is 54.6 Å². The van der Waals surface area contributed by atoms with Crippen LogP contribution in [0.4, 0.5) is 0 Å². The minimum absolute atomic E-state index is 0.177. The maximum absolute atomic E-state index is 13.6. The van der Waals surface area contributed by atoms with E-state index in [0.717, 1.165) is 43.7 Å². The zero-order valence-electron chi connectivity index (χ0n) is 21.7. The van der Waals surface area contributed by atoms with Crippen LogP contribution in [-0.4, -0.2) is 79.1 Å². The Morgan fingerprint density at radius 3 is 2.51 bits per heavy atom. The second kappa shape index (κ2) is 12.6. The monoisotopic (exact) mass is 505 g/mol. The Bertz CT molecular complexity index is 1040. The standard InChI is InChI=1S/C30H39N3O4/c34-29(32-14-17-36-18-15-32)19-25-12-13-33-22-26(25)10-6-16-37-28-11-5-4-9-27(28)21-31(23-30(33)35)20-24-7-2-1-3-8-24/h1-5,7-9,11,25-26H,6,10,12-23H2/t25-,26-/m0/s1. The lowest BCUT2D eigenvalue weighted by Gasteiger charge is -2.40. The highest BCUT2D eigenvalue weighted by atomic mass is 16.5. The number of para-hydroxylation sites is 1. The van der Waals surface area contributed by atoms with Gasteiger partial charge in [-0.3, -0.25) is 14.5 Å². The van der Waals surface area contributed by atoms with Crippen molar-refractivity contribution >= 4 is 11.8 Å². The molecule has 2 aromatic rings. The number of carbonyl (C=O) groups is 2. The predicted octanol–water partition coefficient (Wildman–Crippen LogP) is 3.58. The molecule has 37 heavy (non-hydrogen) atoms. The minimum Gasteiger partial charge on any atom is -0.493 e. The molecule has 2 amide bonds. The van der Waals surface area contributed by atoms with Crippen LogP contribution in [0.2, 0.25) is 0 Å². The highest BCUT2D eigenvalue weighted by Crippen LogP contribution is 2.32. The fourth-order valence-electron chi connectivity index (χ4n) is 5.91. The van der Waals surface area contributed by atoms with E-state index in [2.05, 4.69) is 23.1 Å². The summed E-state index contributed by atoms with van der Waals surface area (Å²) < 4.78 is 11.7. The molecule has 3 aliphatic rings. The quantitative estimate of drug-likeness (QED) is 0.636. The summed E-state index contributed by atoms with van der Waals surface area (Å²) in [6.45, 7) is 6.45. The Hall–Kier alpha value is -2.90. The molecule has 2 atom stereocenters. The SMILES string of the molecule is O=C(C[C@@H]1CCN2C[C@@H]1CCCOc1ccccc1CN(Cc1ccccc1)CC2=O)N1CCOCC1. The van der Waals surface area contributed by atoms with Crippen molar-refractivity contribution in [3.63, 3.8) is 0 Å². The Balaban J connectivity index is 1.32. The summed E-state index contributed by atoms with van der Waals surface area (Å²) in [4.78, 5) is 32.8. The van der Waals surface area contributed by atoms with E-state index in [1.807, 2.05) is 46.2 Å². The number of ether oxygens (including phenoxy) is 2. The topological polar surface area (TPSA) is 62.3 Å². The third kappa shape index (κ3) is 6.90. The molecule has 0 spiro atoms. The summed E-state index contributed by atoms with van der Waals surface area (Å²) in [5.41, 5.74) is 2.30. The first-order valence-electron chi connectivity index (χ1n) is 13.8. The van der Waals surface area contributed by atoms with E-state index in [-0.39, 0.29) is 11.8 Å². The zero-order chi connectivity index (χ0) is 25.5. The lowest BCUT2D eigenvalue weighted by molar-refractivity contribution is -0.139. The highest BCUT2D eigenvalue weighted by Gasteiger charge is 2.34. The molecule has 3 heterocycles. The van der Waals surface area contributed by atoms with E-state index >= 15 is 0 Å². The average molecular weight is 506 g/mol. The summed E-state index contributed by atoms with van der Waals surface area (Å²) >= 11 is 0. The smallest absolute Gasteiger partial charge is 0.236 e. The van der Waals surface area contributed by atoms with Gasteiger partial charge in [0.15, 0.2) is 0 Å². The van der Waals surface area contributed by atoms with E-state index in [1.54, 1.807) is 0 Å². The van der Waals surface area contributed by atoms with E-state index in [1.165, 1.54) is 5.56 Å². The van der Waals surface area contributed by atoms with Gasteiger partial charge < -0.3 is 19.3 Å². The van der Waals surface area contributed by atoms with Crippen molar-refractivity contribution in [1.29, 1.82) is 0 Å². The van der Waals surface area contributed by atoms with Crippen molar-refractivity contribution < 1.29 is 19.1 Å². The van der Waals surface area contributed by atoms with Gasteiger partial charge in [0.25, 0.3) is 0 Å². The number of hydrogen-bond acceptors (Lipinski definition) is 5. The third-order valence-electron chi connectivity index (χ3n) is 8.00. The van der Waals surface area contributed by atoms with Crippen LogP contribution in [0.3, 0.4) is 0 Å². The molecule has 5 rings (SSSR count). The molecule has 0 aliphatic carbocycles. The van der Waals surface area contributed by atoms with Crippen LogP contribution < -0.4 is 4.74 Å². The van der Waals surface area contributed by atoms with Crippen molar-refractivity contribution in [2.24, 2.45) is 11.8 Å². The van der Waals surface area contributed by atoms with Crippen molar-refractivity contribution in [1.82, 2.24) is 14.7 Å². The van der Waals surface area contributed by atoms with E-state index < -0.39 is 0 Å². The summed E-state index contributed by atoms with van der Waals surface area (Å²) in [5.74, 6) is 1.92. The Kier molecular flexibility index (Phi) is 8.74. The predicted molar refractivity (Wildman–Crippen MR) is 142 cm³/mol. The van der Waals surface area contributed by atoms with Crippen molar-refractivity contribution in [2.45, 2.75) is 38.8 Å². The van der Waals surface area contributed by atoms with Gasteiger partial charge in [0.05, 0.1) is 26.4 Å². The minimum atomic E-state index is 0.177. The number of fused-ring (bicyclic) bond motifs is 3. The number of benzene rings is 2. The number of amides is 2. The van der Waals surface area contributed by atoms with Crippen LogP contribution in [0.1, 0.15) is 36.8 Å². The fraction of sp³-hybridized carbons (Fsp3) is 0.533. The van der Waals surface area contributed by atoms with E-state index in [4.69, 9.17) is 9.47 Å². The number of hydrogen-bond donors (Lipinski definition) is 0. The van der Waals surface area contributed by atoms with E-state index in [9.17, 15) is 9.59 Å². The van der Waals surface area contributed by atoms with Crippen molar-refractivity contribution in [3.8, 4) is 5.75 Å². The molecule has 0 saturated carbocycles. The first kappa shape index (κ1) is 25.7. The molecule has 2 saturated heterocycles. The number of rotatable bonds is 4. The van der Waals surface area contributed by atoms with Gasteiger partial charge in [-0.1, -0.05) is 48.5 Å². The molecular weight excluding hydrogens is 466 g/mol. The number of piperidine rings is 1. The molecule has 2 bridgehead atoms. The fourth-order valence-corrected chi connectivity index (χ4v) is 5.91. The Morgan fingerprint density at radius 1 is 0.892 bits per heavy atom. The van der Waals surface area contributed by atoms with Gasteiger partial charge in [0, 0.05) is 51.3 Å². The van der Waals surface area contributed by atoms with Gasteiger partial charge in [-0.25, -0.2) is 0 Å². The van der Waals surface area contributed by atoms with Crippen LogP contribution in [0.5, 0.6) is 5.75 Å². The van der Waals surface area contributed by atoms with E-state index in [0.29, 0.717) is 70.8 Å². The van der Waals surface area contributed by atoms with Crippen LogP contribution >= 0.6 is 0 Å². The molecule has 0 unspecified atom stereocenters. The summed E-state index contributed by atoms with van der Waals surface area (Å²) in [6, 6.07) is 18.5. The second-order valence-corrected chi connectivity index (χ2v) is 10.6. The maximum Gasteiger partial charge on any atom is 0.236 e. The number of nitrogens with zero attached hydrogens (tertiary/aromatic N) is 3. The van der Waals surface area contributed by atoms with Gasteiger partial charge in [0.2, 0.25) is 11.8 Å². The Labute approximate surface area is 220 Å². The maximum atomic E-state index is 13.6. The van der Waals surface area contributed by atoms with Gasteiger partial charge in [-0.2, -0.15) is 0 Å². The van der Waals surface area contributed by atoms with Crippen LogP contribution in [0, 0.1) is 11.8 Å². The molecular formula is C30H39N3O4. The molecule has 2 aromatic carbocycles. The normalized spacial score (nSPS) is 23.7. The highest BCUT2D eigenvalue weighted by molar-refractivity contribution is 5.79. The summed E-state index contributed by atoms with van der Waals surface area (Å²) in [7, 11) is 0. The van der Waals surface area contributed by atoms with Crippen LogP contribution in [0.25, 0.3) is 0 Å². The van der Waals surface area contributed by atoms with Crippen molar-refractivity contribution in [2.75, 3.05) is 52.5 Å². The molecule has 3 aliphatic heterocycles. The molecule has 2 fully saturated rings. The first-order chi connectivity index (χ1) is 18.2. The molecule has 0 aromatic heterocycles. The third-order valence-corrected chi connectivity index (χ3v) is 8.00. The van der Waals surface area contributed by atoms with Gasteiger partial charge >= 0.3 is 0 Å². The van der Waals surface area contributed by atoms with Gasteiger partial charge in [-0.05, 0) is 42.7 Å². The molecule has 198 valence electrons. The summed E-state index contributed by atoms with van der Waals surface area (Å²) in [6.07, 6.45) is 3.32. The summed E-state index contributed by atoms with van der Waals surface area (Å²) in [5, 5.41) is 0. The molecule has 0 radical (unpaired) electrons. The number of carbonyl (C=O) groups excluding carboxylic acids is 2. The second-order valence-electron chi connectivity index (χ2n) is 10.6. The Morgan fingerprint density at radius 2 is 1.68 bits per heavy atom. The molecule has 7 heteroatoms. The van der Waals surface area contributed by atoms with Gasteiger partial charge in [-0.15, -0.1) is 0 Å². The average Bonchev–Trinajstić information content (AvgIpc) is 2.94. The molecule has 0 N–H and O–H groups in total. The molecule has 7 nitrogen and oxygen atoms in total. The van der Waals surface area contributed by atoms with Gasteiger partial charge in [0.1, 0.15) is 5.75 Å². The van der Waals surface area contributed by atoms with Crippen molar-refractivity contribution in [3.05, 3.63) is 65.7 Å². The lowest BCUT2D eigenvalue weighted by atomic mass is 9.80. The largest absolute Gasteiger partial charge is 0.493 e. The zero-order valence-corrected chi connectivity index (χ0v) is 21.7. The first-order valence-corrected chi connectivity index (χ1v) is 13.8. The number of morpholine rings is 1. The van der Waals surface area contributed by atoms with Crippen LogP contribution in [-0.2, 0) is 27.4 Å².